The minimum atomic E-state index is -1.74. The molecule has 0 bridgehead atoms. The first-order valence-electron chi connectivity index (χ1n) is 8.79. The summed E-state index contributed by atoms with van der Waals surface area (Å²) in [5.41, 5.74) is -2.37. The van der Waals surface area contributed by atoms with Gasteiger partial charge in [0.1, 0.15) is 28.8 Å². The number of alkyl halides is 1. The Balaban J connectivity index is 1.93. The molecule has 0 fully saturated rings. The summed E-state index contributed by atoms with van der Waals surface area (Å²) in [4.78, 5) is 8.13. The normalized spacial score (nSPS) is 11.6. The van der Waals surface area contributed by atoms with Crippen LogP contribution in [-0.2, 0) is 5.67 Å². The molecule has 5 nitrogen and oxygen atoms in total. The lowest BCUT2D eigenvalue weighted by Gasteiger charge is -2.13. The van der Waals surface area contributed by atoms with E-state index in [1.807, 2.05) is 0 Å². The second-order valence-electron chi connectivity index (χ2n) is 7.05. The summed E-state index contributed by atoms with van der Waals surface area (Å²) in [5, 5.41) is 13.3. The Labute approximate surface area is 168 Å². The van der Waals surface area contributed by atoms with E-state index in [-0.39, 0.29) is 33.9 Å². The van der Waals surface area contributed by atoms with Crippen LogP contribution in [0.3, 0.4) is 0 Å². The lowest BCUT2D eigenvalue weighted by Crippen LogP contribution is -2.14. The predicted molar refractivity (Wildman–Crippen MR) is 100 cm³/mol. The minimum Gasteiger partial charge on any atom is -0.238 e. The lowest BCUT2D eigenvalue weighted by molar-refractivity contribution is 0.213. The maximum absolute atomic E-state index is 15.4. The van der Waals surface area contributed by atoms with Gasteiger partial charge in [0.25, 0.3) is 5.78 Å². The van der Waals surface area contributed by atoms with Gasteiger partial charge in [-0.25, -0.2) is 27.5 Å². The highest BCUT2D eigenvalue weighted by Crippen LogP contribution is 2.35. The molecule has 0 spiro atoms. The third-order valence-electron chi connectivity index (χ3n) is 4.58. The third kappa shape index (κ3) is 3.16. The van der Waals surface area contributed by atoms with Gasteiger partial charge < -0.3 is 0 Å². The number of nitrogens with zero attached hydrogens (tertiary/aromatic N) is 5. The van der Waals surface area contributed by atoms with Crippen LogP contribution in [0.25, 0.3) is 28.2 Å². The molecule has 2 aromatic carbocycles. The molecule has 0 aliphatic carbocycles. The van der Waals surface area contributed by atoms with Crippen molar-refractivity contribution in [3.63, 3.8) is 0 Å². The van der Waals surface area contributed by atoms with E-state index in [1.54, 1.807) is 6.07 Å². The number of hydrogen-bond acceptors (Lipinski definition) is 4. The first-order chi connectivity index (χ1) is 14.2. The van der Waals surface area contributed by atoms with Crippen LogP contribution in [0.4, 0.5) is 17.6 Å². The van der Waals surface area contributed by atoms with Crippen molar-refractivity contribution in [1.29, 1.82) is 5.26 Å². The fourth-order valence-electron chi connectivity index (χ4n) is 3.07. The zero-order chi connectivity index (χ0) is 21.6. The number of imidazole rings is 1. The van der Waals surface area contributed by atoms with Crippen LogP contribution in [0.15, 0.2) is 42.7 Å². The highest BCUT2D eigenvalue weighted by atomic mass is 19.1. The molecule has 0 N–H and O–H groups in total. The molecule has 4 rings (SSSR count). The van der Waals surface area contributed by atoms with E-state index in [1.165, 1.54) is 36.8 Å². The largest absolute Gasteiger partial charge is 0.251 e. The average molecular weight is 411 g/mol. The van der Waals surface area contributed by atoms with Gasteiger partial charge in [0, 0.05) is 11.1 Å². The molecule has 0 saturated carbocycles. The summed E-state index contributed by atoms with van der Waals surface area (Å²) in [7, 11) is 0. The van der Waals surface area contributed by atoms with Gasteiger partial charge in [0.05, 0.1) is 35.3 Å². The number of rotatable bonds is 3. The van der Waals surface area contributed by atoms with Gasteiger partial charge in [-0.15, -0.1) is 0 Å². The number of hydrogen-bond donors (Lipinski definition) is 0. The van der Waals surface area contributed by atoms with Crippen molar-refractivity contribution in [2.75, 3.05) is 0 Å². The Morgan fingerprint density at radius 3 is 2.47 bits per heavy atom. The Morgan fingerprint density at radius 2 is 1.77 bits per heavy atom. The van der Waals surface area contributed by atoms with Crippen molar-refractivity contribution in [1.82, 2.24) is 19.6 Å². The summed E-state index contributed by atoms with van der Waals surface area (Å²) in [5.74, 6) is -2.55. The highest BCUT2D eigenvalue weighted by molar-refractivity contribution is 5.77. The van der Waals surface area contributed by atoms with Gasteiger partial charge >= 0.3 is 0 Å². The fraction of sp³-hybridized carbons (Fsp3) is 0.143. The molecule has 0 aliphatic heterocycles. The van der Waals surface area contributed by atoms with Gasteiger partial charge in [0.15, 0.2) is 0 Å². The third-order valence-corrected chi connectivity index (χ3v) is 4.58. The SMILES string of the molecule is CC(C)(F)c1cnn2c(-c3ccc(F)c(-c4ccc(F)cc4C#N)c3F)cnc2n1. The molecule has 2 heterocycles. The lowest BCUT2D eigenvalue weighted by atomic mass is 9.96. The van der Waals surface area contributed by atoms with E-state index in [0.29, 0.717) is 0 Å². The van der Waals surface area contributed by atoms with Crippen LogP contribution in [0.5, 0.6) is 0 Å². The van der Waals surface area contributed by atoms with Gasteiger partial charge in [-0.1, -0.05) is 0 Å². The first-order valence-corrected chi connectivity index (χ1v) is 8.79. The van der Waals surface area contributed by atoms with Crippen LogP contribution >= 0.6 is 0 Å². The molecule has 0 amide bonds. The van der Waals surface area contributed by atoms with Crippen molar-refractivity contribution in [2.45, 2.75) is 19.5 Å². The summed E-state index contributed by atoms with van der Waals surface area (Å²) in [6.07, 6.45) is 2.48. The zero-order valence-electron chi connectivity index (χ0n) is 15.8. The van der Waals surface area contributed by atoms with Crippen molar-refractivity contribution in [2.24, 2.45) is 0 Å². The van der Waals surface area contributed by atoms with Crippen molar-refractivity contribution < 1.29 is 17.6 Å². The molecule has 0 unspecified atom stereocenters. The summed E-state index contributed by atoms with van der Waals surface area (Å²) in [6, 6.07) is 7.03. The second kappa shape index (κ2) is 6.91. The second-order valence-corrected chi connectivity index (χ2v) is 7.05. The van der Waals surface area contributed by atoms with Crippen LogP contribution in [-0.4, -0.2) is 19.6 Å². The number of benzene rings is 2. The molecule has 0 atom stereocenters. The number of fused-ring (bicyclic) bond motifs is 1. The Kier molecular flexibility index (Phi) is 4.50. The molecule has 4 aromatic rings. The Hall–Kier alpha value is -3.80. The zero-order valence-corrected chi connectivity index (χ0v) is 15.8. The van der Waals surface area contributed by atoms with Gasteiger partial charge in [-0.05, 0) is 44.2 Å². The van der Waals surface area contributed by atoms with Crippen molar-refractivity contribution in [3.8, 4) is 28.5 Å². The standard InChI is InChI=1S/C21H13F4N5/c1-21(2,25)17-10-28-30-16(9-27-20(30)29-17)14-5-6-15(23)18(19(14)24)13-4-3-12(22)7-11(13)8-26/h3-7,9-10H,1-2H3. The smallest absolute Gasteiger partial charge is 0.238 e. The van der Waals surface area contributed by atoms with E-state index in [4.69, 9.17) is 0 Å². The van der Waals surface area contributed by atoms with Crippen LogP contribution < -0.4 is 0 Å². The maximum atomic E-state index is 15.4. The van der Waals surface area contributed by atoms with Crippen LogP contribution in [0, 0.1) is 28.8 Å². The van der Waals surface area contributed by atoms with Gasteiger partial charge in [-0.3, -0.25) is 0 Å². The van der Waals surface area contributed by atoms with Crippen LogP contribution in [0.1, 0.15) is 25.1 Å². The molecule has 30 heavy (non-hydrogen) atoms. The van der Waals surface area contributed by atoms with E-state index in [2.05, 4.69) is 15.1 Å². The Bertz CT molecular complexity index is 1330. The van der Waals surface area contributed by atoms with Gasteiger partial charge in [-0.2, -0.15) is 14.9 Å². The summed E-state index contributed by atoms with van der Waals surface area (Å²) in [6.45, 7) is 2.64. The van der Waals surface area contributed by atoms with E-state index >= 15 is 4.39 Å². The molecular weight excluding hydrogens is 398 g/mol. The number of halogens is 4. The maximum Gasteiger partial charge on any atom is 0.251 e. The Morgan fingerprint density at radius 1 is 1.03 bits per heavy atom. The first kappa shape index (κ1) is 19.5. The van der Waals surface area contributed by atoms with E-state index < -0.39 is 28.7 Å². The average Bonchev–Trinajstić information content (AvgIpc) is 3.11. The molecule has 2 aromatic heterocycles. The molecule has 150 valence electrons. The molecule has 0 saturated heterocycles. The summed E-state index contributed by atoms with van der Waals surface area (Å²) >= 11 is 0. The molecular formula is C21H13F4N5. The fourth-order valence-corrected chi connectivity index (χ4v) is 3.07. The van der Waals surface area contributed by atoms with E-state index in [0.717, 1.165) is 24.3 Å². The van der Waals surface area contributed by atoms with Crippen molar-refractivity contribution >= 4 is 5.78 Å². The highest BCUT2D eigenvalue weighted by Gasteiger charge is 2.24. The molecule has 0 radical (unpaired) electrons. The van der Waals surface area contributed by atoms with Crippen LogP contribution in [0.2, 0.25) is 0 Å². The van der Waals surface area contributed by atoms with Gasteiger partial charge in [0.2, 0.25) is 0 Å². The number of aromatic nitrogens is 4. The monoisotopic (exact) mass is 411 g/mol. The quantitative estimate of drug-likeness (QED) is 0.448. The molecule has 0 aliphatic rings. The number of nitriles is 1. The van der Waals surface area contributed by atoms with Crippen molar-refractivity contribution in [3.05, 3.63) is 71.4 Å². The predicted octanol–water partition coefficient (Wildman–Crippen LogP) is 4.95. The summed E-state index contributed by atoms with van der Waals surface area (Å²) < 4.78 is 58.7. The van der Waals surface area contributed by atoms with E-state index in [9.17, 15) is 18.4 Å². The minimum absolute atomic E-state index is 0.0398. The topological polar surface area (TPSA) is 66.9 Å². The molecule has 9 heteroatoms.